The van der Waals surface area contributed by atoms with Gasteiger partial charge in [-0.05, 0) is 6.07 Å². The summed E-state index contributed by atoms with van der Waals surface area (Å²) in [6.07, 6.45) is -2.01. The van der Waals surface area contributed by atoms with E-state index < -0.39 is 11.9 Å². The molecule has 0 aromatic carbocycles. The number of nitrogens with zero attached hydrogens (tertiary/aromatic N) is 4. The van der Waals surface area contributed by atoms with Crippen LogP contribution in [0.3, 0.4) is 0 Å². The van der Waals surface area contributed by atoms with E-state index >= 15 is 0 Å². The van der Waals surface area contributed by atoms with Crippen molar-refractivity contribution in [2.45, 2.75) is 6.18 Å². The maximum absolute atomic E-state index is 12.3. The van der Waals surface area contributed by atoms with E-state index in [4.69, 9.17) is 0 Å². The first-order chi connectivity index (χ1) is 8.00. The van der Waals surface area contributed by atoms with Gasteiger partial charge in [0.25, 0.3) is 0 Å². The highest BCUT2D eigenvalue weighted by molar-refractivity contribution is 5.39. The maximum Gasteiger partial charge on any atom is 0.435 e. The van der Waals surface area contributed by atoms with Crippen LogP contribution in [0, 0.1) is 0 Å². The number of anilines is 1. The van der Waals surface area contributed by atoms with Crippen molar-refractivity contribution in [1.29, 1.82) is 0 Å². The lowest BCUT2D eigenvalue weighted by Gasteiger charge is -2.03. The van der Waals surface area contributed by atoms with Gasteiger partial charge in [0.2, 0.25) is 0 Å². The normalized spacial score (nSPS) is 11.5. The van der Waals surface area contributed by atoms with Crippen molar-refractivity contribution in [2.24, 2.45) is 0 Å². The lowest BCUT2D eigenvalue weighted by Crippen LogP contribution is -2.08. The number of hydrogen-bond donors (Lipinski definition) is 1. The molecule has 0 aliphatic heterocycles. The standard InChI is InChI=1S/C9H8F3N5/c1-13-7-4-8(15-5-14-7)17-3-2-6(16-17)9(10,11)12/h2-5H,1H3,(H,13,14,15). The smallest absolute Gasteiger partial charge is 0.373 e. The molecule has 0 aliphatic rings. The molecule has 2 aromatic heterocycles. The van der Waals surface area contributed by atoms with Crippen molar-refractivity contribution in [1.82, 2.24) is 19.7 Å². The van der Waals surface area contributed by atoms with E-state index in [1.165, 1.54) is 18.6 Å². The predicted molar refractivity (Wildman–Crippen MR) is 53.7 cm³/mol. The minimum atomic E-state index is -4.45. The molecule has 17 heavy (non-hydrogen) atoms. The van der Waals surface area contributed by atoms with Crippen molar-refractivity contribution < 1.29 is 13.2 Å². The average Bonchev–Trinajstić information content (AvgIpc) is 2.78. The lowest BCUT2D eigenvalue weighted by molar-refractivity contribution is -0.141. The number of nitrogens with one attached hydrogen (secondary N) is 1. The van der Waals surface area contributed by atoms with E-state index in [0.717, 1.165) is 10.7 Å². The molecule has 0 fully saturated rings. The first-order valence-electron chi connectivity index (χ1n) is 4.64. The van der Waals surface area contributed by atoms with Crippen LogP contribution < -0.4 is 5.32 Å². The molecule has 0 amide bonds. The third kappa shape index (κ3) is 2.35. The molecule has 1 N–H and O–H groups in total. The third-order valence-electron chi connectivity index (χ3n) is 2.02. The van der Waals surface area contributed by atoms with E-state index in [-0.39, 0.29) is 5.82 Å². The van der Waals surface area contributed by atoms with Gasteiger partial charge in [0, 0.05) is 19.3 Å². The summed E-state index contributed by atoms with van der Waals surface area (Å²) in [5, 5.41) is 6.16. The Morgan fingerprint density at radius 1 is 1.29 bits per heavy atom. The van der Waals surface area contributed by atoms with Gasteiger partial charge in [0.05, 0.1) is 0 Å². The van der Waals surface area contributed by atoms with E-state index in [1.807, 2.05) is 0 Å². The van der Waals surface area contributed by atoms with Crippen LogP contribution in [0.25, 0.3) is 5.82 Å². The summed E-state index contributed by atoms with van der Waals surface area (Å²) in [6.45, 7) is 0. The number of halogens is 3. The summed E-state index contributed by atoms with van der Waals surface area (Å²) in [5.74, 6) is 0.763. The Kier molecular flexibility index (Phi) is 2.70. The maximum atomic E-state index is 12.3. The first-order valence-corrected chi connectivity index (χ1v) is 4.64. The second-order valence-corrected chi connectivity index (χ2v) is 3.15. The van der Waals surface area contributed by atoms with Gasteiger partial charge in [-0.2, -0.15) is 18.3 Å². The lowest BCUT2D eigenvalue weighted by atomic mass is 10.4. The topological polar surface area (TPSA) is 55.6 Å². The molecule has 0 radical (unpaired) electrons. The van der Waals surface area contributed by atoms with Crippen LogP contribution in [0.15, 0.2) is 24.7 Å². The van der Waals surface area contributed by atoms with Crippen molar-refractivity contribution in [3.63, 3.8) is 0 Å². The first kappa shape index (κ1) is 11.4. The zero-order chi connectivity index (χ0) is 12.5. The molecule has 2 rings (SSSR count). The second kappa shape index (κ2) is 4.04. The molecule has 0 saturated heterocycles. The molecule has 0 spiro atoms. The van der Waals surface area contributed by atoms with Crippen LogP contribution in [0.4, 0.5) is 19.0 Å². The molecule has 0 aliphatic carbocycles. The fraction of sp³-hybridized carbons (Fsp3) is 0.222. The quantitative estimate of drug-likeness (QED) is 0.872. The van der Waals surface area contributed by atoms with Gasteiger partial charge < -0.3 is 5.32 Å². The minimum absolute atomic E-state index is 0.264. The Morgan fingerprint density at radius 3 is 2.65 bits per heavy atom. The number of aromatic nitrogens is 4. The van der Waals surface area contributed by atoms with E-state index in [2.05, 4.69) is 20.4 Å². The zero-order valence-electron chi connectivity index (χ0n) is 8.73. The van der Waals surface area contributed by atoms with Crippen molar-refractivity contribution >= 4 is 5.82 Å². The second-order valence-electron chi connectivity index (χ2n) is 3.15. The molecular weight excluding hydrogens is 235 g/mol. The highest BCUT2D eigenvalue weighted by atomic mass is 19.4. The summed E-state index contributed by atoms with van der Waals surface area (Å²) in [7, 11) is 1.65. The van der Waals surface area contributed by atoms with Crippen LogP contribution in [0.1, 0.15) is 5.69 Å². The molecule has 0 unspecified atom stereocenters. The van der Waals surface area contributed by atoms with Gasteiger partial charge in [0.15, 0.2) is 11.5 Å². The molecule has 90 valence electrons. The Labute approximate surface area is 94.3 Å². The number of rotatable bonds is 2. The fourth-order valence-electron chi connectivity index (χ4n) is 1.21. The Hall–Kier alpha value is -2.12. The van der Waals surface area contributed by atoms with Crippen LogP contribution in [0.2, 0.25) is 0 Å². The zero-order valence-corrected chi connectivity index (χ0v) is 8.73. The molecule has 0 saturated carbocycles. The molecule has 8 heteroatoms. The average molecular weight is 243 g/mol. The summed E-state index contributed by atoms with van der Waals surface area (Å²) >= 11 is 0. The van der Waals surface area contributed by atoms with Gasteiger partial charge in [-0.1, -0.05) is 0 Å². The Balaban J connectivity index is 2.37. The van der Waals surface area contributed by atoms with Crippen LogP contribution in [-0.2, 0) is 6.18 Å². The van der Waals surface area contributed by atoms with Crippen molar-refractivity contribution in [3.8, 4) is 5.82 Å². The van der Waals surface area contributed by atoms with E-state index in [1.54, 1.807) is 7.05 Å². The molecule has 0 atom stereocenters. The Bertz CT molecular complexity index is 519. The minimum Gasteiger partial charge on any atom is -0.373 e. The number of alkyl halides is 3. The monoisotopic (exact) mass is 243 g/mol. The van der Waals surface area contributed by atoms with Crippen LogP contribution in [-0.4, -0.2) is 26.8 Å². The van der Waals surface area contributed by atoms with E-state index in [0.29, 0.717) is 5.82 Å². The van der Waals surface area contributed by atoms with Crippen molar-refractivity contribution in [2.75, 3.05) is 12.4 Å². The van der Waals surface area contributed by atoms with Gasteiger partial charge >= 0.3 is 6.18 Å². The molecule has 5 nitrogen and oxygen atoms in total. The molecule has 2 aromatic rings. The van der Waals surface area contributed by atoms with Gasteiger partial charge in [-0.3, -0.25) is 0 Å². The molecule has 2 heterocycles. The predicted octanol–water partition coefficient (Wildman–Crippen LogP) is 1.72. The Morgan fingerprint density at radius 2 is 2.06 bits per heavy atom. The van der Waals surface area contributed by atoms with Crippen LogP contribution in [0.5, 0.6) is 0 Å². The van der Waals surface area contributed by atoms with Crippen molar-refractivity contribution in [3.05, 3.63) is 30.4 Å². The summed E-state index contributed by atoms with van der Waals surface area (Å²) in [6, 6.07) is 2.38. The van der Waals surface area contributed by atoms with Crippen LogP contribution >= 0.6 is 0 Å². The van der Waals surface area contributed by atoms with Gasteiger partial charge in [-0.25, -0.2) is 14.6 Å². The molecular formula is C9H8F3N5. The SMILES string of the molecule is CNc1cc(-n2ccc(C(F)(F)F)n2)ncn1. The van der Waals surface area contributed by atoms with Gasteiger partial charge in [-0.15, -0.1) is 0 Å². The number of hydrogen-bond acceptors (Lipinski definition) is 4. The van der Waals surface area contributed by atoms with E-state index in [9.17, 15) is 13.2 Å². The highest BCUT2D eigenvalue weighted by Gasteiger charge is 2.33. The third-order valence-corrected chi connectivity index (χ3v) is 2.02. The van der Waals surface area contributed by atoms with Gasteiger partial charge in [0.1, 0.15) is 12.1 Å². The summed E-state index contributed by atoms with van der Waals surface area (Å²) in [4.78, 5) is 7.69. The summed E-state index contributed by atoms with van der Waals surface area (Å²) in [5.41, 5.74) is -0.956. The molecule has 0 bridgehead atoms. The largest absolute Gasteiger partial charge is 0.435 e. The fourth-order valence-corrected chi connectivity index (χ4v) is 1.21. The highest BCUT2D eigenvalue weighted by Crippen LogP contribution is 2.27. The summed E-state index contributed by atoms with van der Waals surface area (Å²) < 4.78 is 38.1.